The van der Waals surface area contributed by atoms with E-state index in [1.54, 1.807) is 23.1 Å². The summed E-state index contributed by atoms with van der Waals surface area (Å²) in [6.07, 6.45) is 3.77. The average molecular weight is 438 g/mol. The van der Waals surface area contributed by atoms with Crippen molar-refractivity contribution in [2.75, 3.05) is 5.73 Å². The number of amides is 1. The van der Waals surface area contributed by atoms with Crippen LogP contribution in [0.5, 0.6) is 0 Å². The van der Waals surface area contributed by atoms with Gasteiger partial charge >= 0.3 is 0 Å². The lowest BCUT2D eigenvalue weighted by Crippen LogP contribution is -2.41. The molecule has 1 atom stereocenters. The number of nitrogen functional groups attached to an aromatic ring is 1. The summed E-state index contributed by atoms with van der Waals surface area (Å²) in [6.45, 7) is 1.13. The summed E-state index contributed by atoms with van der Waals surface area (Å²) in [4.78, 5) is 24.4. The molecular formula is C25H22N6O2. The highest BCUT2D eigenvalue weighted by Crippen LogP contribution is 2.38. The molecule has 8 nitrogen and oxygen atoms in total. The van der Waals surface area contributed by atoms with Crippen LogP contribution in [0.1, 0.15) is 52.0 Å². The molecule has 164 valence electrons. The number of anilines is 1. The molecule has 1 aliphatic heterocycles. The molecule has 3 heterocycles. The zero-order valence-electron chi connectivity index (χ0n) is 18.0. The number of nitrogens with zero attached hydrogens (tertiary/aromatic N) is 5. The Morgan fingerprint density at radius 1 is 1.21 bits per heavy atom. The molecule has 1 fully saturated rings. The number of carbonyl (C=O) groups excluding carboxylic acids is 1. The van der Waals surface area contributed by atoms with Crippen LogP contribution in [0.2, 0.25) is 0 Å². The summed E-state index contributed by atoms with van der Waals surface area (Å²) < 4.78 is 5.58. The monoisotopic (exact) mass is 438 g/mol. The van der Waals surface area contributed by atoms with Gasteiger partial charge in [0.25, 0.3) is 5.91 Å². The molecule has 1 amide bonds. The van der Waals surface area contributed by atoms with E-state index in [0.29, 0.717) is 41.8 Å². The quantitative estimate of drug-likeness (QED) is 0.624. The molecule has 0 spiro atoms. The number of aromatic nitrogens is 2. The number of ether oxygens (including phenoxy) is 1. The number of benzene rings is 1. The van der Waals surface area contributed by atoms with Crippen LogP contribution in [0.4, 0.5) is 5.82 Å². The first-order chi connectivity index (χ1) is 16.1. The SMILES string of the molecule is N#CC[C@H](C1CC1)N(Cc1ccc(C#N)cn1)C(=O)c1ccc2nc(N)c3c(c2c1)COC3. The second kappa shape index (κ2) is 8.50. The number of hydrogen-bond acceptors (Lipinski definition) is 7. The summed E-state index contributed by atoms with van der Waals surface area (Å²) in [5.74, 6) is 0.622. The van der Waals surface area contributed by atoms with Gasteiger partial charge < -0.3 is 15.4 Å². The molecule has 0 saturated heterocycles. The minimum absolute atomic E-state index is 0.153. The first-order valence-electron chi connectivity index (χ1n) is 10.9. The molecule has 1 aliphatic carbocycles. The summed E-state index contributed by atoms with van der Waals surface area (Å²) in [5.41, 5.74) is 10.3. The molecule has 2 N–H and O–H groups in total. The van der Waals surface area contributed by atoms with Crippen LogP contribution >= 0.6 is 0 Å². The van der Waals surface area contributed by atoms with Gasteiger partial charge in [0.15, 0.2) is 0 Å². The Hall–Kier alpha value is -4.01. The molecule has 0 unspecified atom stereocenters. The Balaban J connectivity index is 1.53. The molecule has 1 aromatic carbocycles. The van der Waals surface area contributed by atoms with E-state index in [4.69, 9.17) is 15.7 Å². The van der Waals surface area contributed by atoms with Crippen LogP contribution in [-0.2, 0) is 24.5 Å². The van der Waals surface area contributed by atoms with Gasteiger partial charge in [0, 0.05) is 28.8 Å². The van der Waals surface area contributed by atoms with Crippen molar-refractivity contribution in [2.45, 2.75) is 45.1 Å². The normalized spacial score (nSPS) is 15.5. The number of hydrogen-bond donors (Lipinski definition) is 1. The predicted octanol–water partition coefficient (Wildman–Crippen LogP) is 3.45. The van der Waals surface area contributed by atoms with Crippen LogP contribution < -0.4 is 5.73 Å². The topological polar surface area (TPSA) is 129 Å². The number of nitrogens with two attached hydrogens (primary N) is 1. The lowest BCUT2D eigenvalue weighted by molar-refractivity contribution is 0.0636. The van der Waals surface area contributed by atoms with E-state index in [2.05, 4.69) is 22.1 Å². The van der Waals surface area contributed by atoms with Crippen molar-refractivity contribution in [1.29, 1.82) is 10.5 Å². The van der Waals surface area contributed by atoms with Crippen LogP contribution in [0.3, 0.4) is 0 Å². The van der Waals surface area contributed by atoms with E-state index in [1.165, 1.54) is 6.20 Å². The van der Waals surface area contributed by atoms with Gasteiger partial charge in [0.05, 0.1) is 49.0 Å². The minimum atomic E-state index is -0.186. The van der Waals surface area contributed by atoms with Crippen molar-refractivity contribution in [3.8, 4) is 12.1 Å². The van der Waals surface area contributed by atoms with Crippen molar-refractivity contribution in [3.05, 3.63) is 64.5 Å². The maximum absolute atomic E-state index is 13.8. The largest absolute Gasteiger partial charge is 0.383 e. The van der Waals surface area contributed by atoms with Crippen molar-refractivity contribution < 1.29 is 9.53 Å². The molecule has 5 rings (SSSR count). The van der Waals surface area contributed by atoms with Crippen molar-refractivity contribution in [3.63, 3.8) is 0 Å². The fourth-order valence-electron chi connectivity index (χ4n) is 4.47. The number of rotatable bonds is 6. The van der Waals surface area contributed by atoms with Gasteiger partial charge in [-0.25, -0.2) is 4.98 Å². The van der Waals surface area contributed by atoms with E-state index < -0.39 is 0 Å². The van der Waals surface area contributed by atoms with Crippen molar-refractivity contribution in [2.24, 2.45) is 5.92 Å². The maximum atomic E-state index is 13.8. The highest BCUT2D eigenvalue weighted by atomic mass is 16.5. The second-order valence-corrected chi connectivity index (χ2v) is 8.53. The molecule has 8 heteroatoms. The van der Waals surface area contributed by atoms with Gasteiger partial charge in [0.1, 0.15) is 11.9 Å². The zero-order valence-corrected chi connectivity index (χ0v) is 18.0. The molecule has 0 radical (unpaired) electrons. The molecule has 2 aliphatic rings. The van der Waals surface area contributed by atoms with Crippen LogP contribution in [0.25, 0.3) is 10.9 Å². The summed E-state index contributed by atoms with van der Waals surface area (Å²) >= 11 is 0. The first-order valence-corrected chi connectivity index (χ1v) is 10.9. The maximum Gasteiger partial charge on any atom is 0.254 e. The molecule has 1 saturated carbocycles. The number of carbonyl (C=O) groups is 1. The van der Waals surface area contributed by atoms with Crippen LogP contribution in [0, 0.1) is 28.6 Å². The second-order valence-electron chi connectivity index (χ2n) is 8.53. The van der Waals surface area contributed by atoms with Gasteiger partial charge in [-0.15, -0.1) is 0 Å². The molecule has 33 heavy (non-hydrogen) atoms. The number of nitriles is 2. The fourth-order valence-corrected chi connectivity index (χ4v) is 4.47. The van der Waals surface area contributed by atoms with E-state index in [0.717, 1.165) is 34.9 Å². The van der Waals surface area contributed by atoms with E-state index in [9.17, 15) is 10.1 Å². The van der Waals surface area contributed by atoms with Crippen LogP contribution in [0.15, 0.2) is 36.5 Å². The molecule has 2 aromatic heterocycles. The van der Waals surface area contributed by atoms with E-state index >= 15 is 0 Å². The Kier molecular flexibility index (Phi) is 5.37. The Labute approximate surface area is 191 Å². The van der Waals surface area contributed by atoms with E-state index in [1.807, 2.05) is 12.1 Å². The van der Waals surface area contributed by atoms with Gasteiger partial charge in [-0.1, -0.05) is 0 Å². The minimum Gasteiger partial charge on any atom is -0.383 e. The fraction of sp³-hybridized carbons (Fsp3) is 0.320. The van der Waals surface area contributed by atoms with Gasteiger partial charge in [0.2, 0.25) is 0 Å². The van der Waals surface area contributed by atoms with Crippen molar-refractivity contribution >= 4 is 22.6 Å². The standard InChI is InChI=1S/C25H22N6O2/c26-8-7-23(16-2-3-16)31(12-18-5-1-15(10-27)11-29-18)25(32)17-4-6-22-19(9-17)20-13-33-14-21(20)24(28)30-22/h1,4-6,9,11,16,23H,2-3,7,12-14H2,(H2,28,30)/t23-/m1/s1. The lowest BCUT2D eigenvalue weighted by Gasteiger charge is -2.30. The third-order valence-corrected chi connectivity index (χ3v) is 6.39. The smallest absolute Gasteiger partial charge is 0.254 e. The van der Waals surface area contributed by atoms with Crippen LogP contribution in [-0.4, -0.2) is 26.8 Å². The van der Waals surface area contributed by atoms with Gasteiger partial charge in [-0.3, -0.25) is 9.78 Å². The molecular weight excluding hydrogens is 416 g/mol. The van der Waals surface area contributed by atoms with Gasteiger partial charge in [-0.05, 0) is 54.7 Å². The first kappa shape index (κ1) is 20.9. The summed E-state index contributed by atoms with van der Waals surface area (Å²) in [7, 11) is 0. The summed E-state index contributed by atoms with van der Waals surface area (Å²) in [6, 6.07) is 13.0. The Morgan fingerprint density at radius 3 is 2.73 bits per heavy atom. The van der Waals surface area contributed by atoms with E-state index in [-0.39, 0.29) is 24.9 Å². The number of pyridine rings is 2. The molecule has 3 aromatic rings. The third kappa shape index (κ3) is 3.97. The number of fused-ring (bicyclic) bond motifs is 3. The lowest BCUT2D eigenvalue weighted by atomic mass is 10.0. The average Bonchev–Trinajstić information content (AvgIpc) is 3.55. The summed E-state index contributed by atoms with van der Waals surface area (Å²) in [5, 5.41) is 19.4. The molecule has 0 bridgehead atoms. The Morgan fingerprint density at radius 2 is 2.03 bits per heavy atom. The van der Waals surface area contributed by atoms with Crippen molar-refractivity contribution in [1.82, 2.24) is 14.9 Å². The zero-order chi connectivity index (χ0) is 22.9. The highest BCUT2D eigenvalue weighted by Gasteiger charge is 2.38. The Bertz CT molecular complexity index is 1320. The third-order valence-electron chi connectivity index (χ3n) is 6.39. The predicted molar refractivity (Wildman–Crippen MR) is 120 cm³/mol. The van der Waals surface area contributed by atoms with Gasteiger partial charge in [-0.2, -0.15) is 10.5 Å². The highest BCUT2D eigenvalue weighted by molar-refractivity contribution is 5.99.